The molecule has 10 rings (SSSR count). The molecule has 6 aromatic rings. The Hall–Kier alpha value is -6.31. The quantitative estimate of drug-likeness (QED) is 0.172. The number of nitrogens with one attached hydrogen (secondary N) is 3. The SMILES string of the molecule is C[C@@H](Oc1nc(-c2ccc(N3CCN(S(C)(=O)=O)CC3)cc2)cn2nccc12)[C@H]1CNC(=O)C1.C[C@@H](Oc1nc(-c2ccc(N3CCNCC3)cc2)cn2nccc12)[C@H]1CNC(=O)C1. The number of hydrogen-bond acceptors (Lipinski definition) is 13. The molecule has 4 aromatic heterocycles. The Morgan fingerprint density at radius 3 is 1.47 bits per heavy atom. The maximum absolute atomic E-state index is 11.8. The summed E-state index contributed by atoms with van der Waals surface area (Å²) in [6.07, 6.45) is 9.14. The number of benzene rings is 2. The Morgan fingerprint density at radius 1 is 0.625 bits per heavy atom. The van der Waals surface area contributed by atoms with Crippen molar-refractivity contribution in [2.24, 2.45) is 11.8 Å². The van der Waals surface area contributed by atoms with Gasteiger partial charge in [-0.1, -0.05) is 24.3 Å². The van der Waals surface area contributed by atoms with Gasteiger partial charge in [-0.25, -0.2) is 27.4 Å². The van der Waals surface area contributed by atoms with Gasteiger partial charge in [0.1, 0.15) is 23.2 Å². The standard InChI is InChI=1S/C23H28N6O4S.C22H26N6O2/c1-16(18-13-22(30)24-14-18)33-23-21-7-8-25-29(21)15-20(26-23)17-3-5-19(6-4-17)27-9-11-28(12-10-27)34(2,31)32;1-15(17-12-21(29)24-13-17)30-22-20-6-7-25-28(20)14-19(26-22)16-2-4-18(5-3-16)27-10-8-23-9-11-27/h3-8,15-16,18H,9-14H2,1-2H3,(H,24,30);2-7,14-15,17,23H,8-13H2,1H3,(H,24,29)/t16-,18-;15-,17-/m11/s1. The molecule has 8 heterocycles. The predicted octanol–water partition coefficient (Wildman–Crippen LogP) is 3.09. The number of fused-ring (bicyclic) bond motifs is 2. The van der Waals surface area contributed by atoms with E-state index in [2.05, 4.69) is 60.2 Å². The highest BCUT2D eigenvalue weighted by atomic mass is 32.2. The Bertz CT molecular complexity index is 2710. The first-order chi connectivity index (χ1) is 30.9. The normalized spacial score (nSPS) is 20.4. The van der Waals surface area contributed by atoms with Crippen molar-refractivity contribution >= 4 is 44.2 Å². The summed E-state index contributed by atoms with van der Waals surface area (Å²) in [7, 11) is -3.15. The number of carbonyl (C=O) groups is 2. The van der Waals surface area contributed by atoms with E-state index in [0.717, 1.165) is 65.4 Å². The first kappa shape index (κ1) is 43.0. The van der Waals surface area contributed by atoms with Gasteiger partial charge >= 0.3 is 0 Å². The van der Waals surface area contributed by atoms with Crippen molar-refractivity contribution in [1.29, 1.82) is 0 Å². The molecule has 0 spiro atoms. The minimum atomic E-state index is -3.15. The van der Waals surface area contributed by atoms with Gasteiger partial charge in [-0.3, -0.25) is 9.59 Å². The van der Waals surface area contributed by atoms with Crippen molar-refractivity contribution in [2.75, 3.05) is 81.5 Å². The molecule has 336 valence electrons. The molecule has 18 nitrogen and oxygen atoms in total. The van der Waals surface area contributed by atoms with Gasteiger partial charge in [-0.2, -0.15) is 14.5 Å². The van der Waals surface area contributed by atoms with E-state index in [4.69, 9.17) is 19.4 Å². The van der Waals surface area contributed by atoms with Crippen molar-refractivity contribution in [2.45, 2.75) is 38.9 Å². The second kappa shape index (κ2) is 18.4. The van der Waals surface area contributed by atoms with E-state index in [0.29, 0.717) is 63.9 Å². The number of sulfonamides is 1. The maximum atomic E-state index is 11.8. The summed E-state index contributed by atoms with van der Waals surface area (Å²) in [5, 5.41) is 17.9. The summed E-state index contributed by atoms with van der Waals surface area (Å²) in [6.45, 7) is 11.5. The van der Waals surface area contributed by atoms with Gasteiger partial charge in [-0.05, 0) is 50.2 Å². The number of piperazine rings is 2. The second-order valence-electron chi connectivity index (χ2n) is 16.8. The minimum Gasteiger partial charge on any atom is -0.473 e. The molecule has 3 N–H and O–H groups in total. The lowest BCUT2D eigenvalue weighted by molar-refractivity contribution is -0.120. The van der Waals surface area contributed by atoms with Crippen molar-refractivity contribution in [1.82, 2.24) is 49.5 Å². The fourth-order valence-corrected chi connectivity index (χ4v) is 9.42. The lowest BCUT2D eigenvalue weighted by Crippen LogP contribution is -2.48. The zero-order valence-corrected chi connectivity index (χ0v) is 37.1. The lowest BCUT2D eigenvalue weighted by Gasteiger charge is -2.34. The average molecular weight is 891 g/mol. The first-order valence-corrected chi connectivity index (χ1v) is 23.7. The molecule has 64 heavy (non-hydrogen) atoms. The van der Waals surface area contributed by atoms with Crippen LogP contribution in [0, 0.1) is 11.8 Å². The Labute approximate surface area is 372 Å². The van der Waals surface area contributed by atoms with E-state index in [9.17, 15) is 18.0 Å². The monoisotopic (exact) mass is 890 g/mol. The topological polar surface area (TPSA) is 193 Å². The number of rotatable bonds is 11. The third-order valence-corrected chi connectivity index (χ3v) is 13.8. The fraction of sp³-hybridized carbons (Fsp3) is 0.422. The van der Waals surface area contributed by atoms with Gasteiger partial charge in [0, 0.05) is 113 Å². The van der Waals surface area contributed by atoms with Crippen LogP contribution >= 0.6 is 0 Å². The van der Waals surface area contributed by atoms with Crippen LogP contribution in [0.25, 0.3) is 33.5 Å². The van der Waals surface area contributed by atoms with Crippen LogP contribution in [0.3, 0.4) is 0 Å². The summed E-state index contributed by atoms with van der Waals surface area (Å²) in [4.78, 5) is 37.3. The molecule has 19 heteroatoms. The van der Waals surface area contributed by atoms with E-state index in [1.807, 2.05) is 62.6 Å². The van der Waals surface area contributed by atoms with Crippen LogP contribution < -0.4 is 35.2 Å². The minimum absolute atomic E-state index is 0.0504. The van der Waals surface area contributed by atoms with E-state index in [-0.39, 0.29) is 35.9 Å². The number of ether oxygens (including phenoxy) is 2. The smallest absolute Gasteiger partial charge is 0.240 e. The molecule has 0 saturated carbocycles. The highest BCUT2D eigenvalue weighted by Gasteiger charge is 2.30. The van der Waals surface area contributed by atoms with E-state index in [1.165, 1.54) is 16.2 Å². The number of nitrogens with zero attached hydrogens (tertiary/aromatic N) is 9. The zero-order valence-electron chi connectivity index (χ0n) is 36.3. The molecule has 4 aliphatic rings. The molecule has 4 aliphatic heterocycles. The molecular weight excluding hydrogens is 837 g/mol. The van der Waals surface area contributed by atoms with E-state index in [1.54, 1.807) is 21.4 Å². The molecule has 0 unspecified atom stereocenters. The van der Waals surface area contributed by atoms with E-state index >= 15 is 0 Å². The van der Waals surface area contributed by atoms with Crippen LogP contribution in [0.15, 0.2) is 85.5 Å². The first-order valence-electron chi connectivity index (χ1n) is 21.9. The van der Waals surface area contributed by atoms with Gasteiger partial charge in [0.2, 0.25) is 33.6 Å². The summed E-state index contributed by atoms with van der Waals surface area (Å²) in [6, 6.07) is 20.3. The summed E-state index contributed by atoms with van der Waals surface area (Å²) in [5.74, 6) is 1.41. The van der Waals surface area contributed by atoms with Gasteiger partial charge < -0.3 is 35.2 Å². The third kappa shape index (κ3) is 9.60. The van der Waals surface area contributed by atoms with Gasteiger partial charge in [-0.15, -0.1) is 0 Å². The van der Waals surface area contributed by atoms with E-state index < -0.39 is 10.0 Å². The molecule has 4 saturated heterocycles. The third-order valence-electron chi connectivity index (χ3n) is 12.5. The summed E-state index contributed by atoms with van der Waals surface area (Å²) >= 11 is 0. The molecule has 4 fully saturated rings. The average Bonchev–Trinajstić information content (AvgIpc) is 4.15. The van der Waals surface area contributed by atoms with Crippen molar-refractivity contribution in [3.8, 4) is 34.3 Å². The number of amides is 2. The lowest BCUT2D eigenvalue weighted by atomic mass is 10.0. The van der Waals surface area contributed by atoms with Crippen LogP contribution in [0.2, 0.25) is 0 Å². The highest BCUT2D eigenvalue weighted by molar-refractivity contribution is 7.88. The number of anilines is 2. The van der Waals surface area contributed by atoms with Crippen molar-refractivity contribution in [3.05, 3.63) is 85.5 Å². The molecule has 0 aliphatic carbocycles. The van der Waals surface area contributed by atoms with Crippen molar-refractivity contribution < 1.29 is 27.5 Å². The molecule has 0 radical (unpaired) electrons. The summed E-state index contributed by atoms with van der Waals surface area (Å²) in [5.41, 5.74) is 7.33. The molecule has 0 bridgehead atoms. The largest absolute Gasteiger partial charge is 0.473 e. The zero-order chi connectivity index (χ0) is 44.4. The molecule has 2 amide bonds. The van der Waals surface area contributed by atoms with Crippen LogP contribution in [-0.2, 0) is 19.6 Å². The Kier molecular flexibility index (Phi) is 12.4. The molecule has 2 aromatic carbocycles. The predicted molar refractivity (Wildman–Crippen MR) is 243 cm³/mol. The van der Waals surface area contributed by atoms with Crippen molar-refractivity contribution in [3.63, 3.8) is 0 Å². The van der Waals surface area contributed by atoms with Gasteiger partial charge in [0.15, 0.2) is 0 Å². The maximum Gasteiger partial charge on any atom is 0.240 e. The Morgan fingerprint density at radius 2 is 1.06 bits per heavy atom. The fourth-order valence-electron chi connectivity index (χ4n) is 8.60. The van der Waals surface area contributed by atoms with Crippen LogP contribution in [0.4, 0.5) is 11.4 Å². The van der Waals surface area contributed by atoms with Gasteiger partial charge in [0.25, 0.3) is 0 Å². The number of carbonyl (C=O) groups excluding carboxylic acids is 2. The number of hydrogen-bond donors (Lipinski definition) is 3. The second-order valence-corrected chi connectivity index (χ2v) is 18.8. The highest BCUT2D eigenvalue weighted by Crippen LogP contribution is 2.30. The van der Waals surface area contributed by atoms with Crippen LogP contribution in [-0.4, -0.2) is 138 Å². The van der Waals surface area contributed by atoms with Crippen LogP contribution in [0.5, 0.6) is 11.8 Å². The summed E-state index contributed by atoms with van der Waals surface area (Å²) < 4.78 is 41.0. The van der Waals surface area contributed by atoms with Crippen LogP contribution in [0.1, 0.15) is 26.7 Å². The van der Waals surface area contributed by atoms with Gasteiger partial charge in [0.05, 0.1) is 42.4 Å². The molecular formula is C45H54N12O6S. The number of aromatic nitrogens is 6. The Balaban J connectivity index is 0.000000163. The molecule has 4 atom stereocenters.